The highest BCUT2D eigenvalue weighted by Crippen LogP contribution is 2.44. The van der Waals surface area contributed by atoms with Crippen molar-refractivity contribution in [1.29, 1.82) is 0 Å². The molecular weight excluding hydrogens is 152 g/mol. The zero-order chi connectivity index (χ0) is 8.72. The molecule has 0 aliphatic heterocycles. The Hall–Kier alpha value is -0.790. The number of hydrogen-bond donors (Lipinski definition) is 1. The summed E-state index contributed by atoms with van der Waals surface area (Å²) in [6, 6.07) is 0. The summed E-state index contributed by atoms with van der Waals surface area (Å²) in [6.45, 7) is 2.07. The smallest absolute Gasteiger partial charge is 0.307 e. The fourth-order valence-corrected chi connectivity index (χ4v) is 2.66. The summed E-state index contributed by atoms with van der Waals surface area (Å²) in [6.07, 6.45) is 6.57. The van der Waals surface area contributed by atoms with Gasteiger partial charge in [-0.15, -0.1) is 0 Å². The maximum absolute atomic E-state index is 10.9. The highest BCUT2D eigenvalue weighted by Gasteiger charge is 2.41. The van der Waals surface area contributed by atoms with E-state index >= 15 is 0 Å². The van der Waals surface area contributed by atoms with E-state index < -0.39 is 5.97 Å². The van der Waals surface area contributed by atoms with Gasteiger partial charge in [0, 0.05) is 0 Å². The van der Waals surface area contributed by atoms with Gasteiger partial charge in [-0.1, -0.05) is 19.1 Å². The van der Waals surface area contributed by atoms with Gasteiger partial charge in [-0.05, 0) is 30.6 Å². The lowest BCUT2D eigenvalue weighted by molar-refractivity contribution is -0.147. The fourth-order valence-electron chi connectivity index (χ4n) is 2.66. The van der Waals surface area contributed by atoms with Gasteiger partial charge in [0.25, 0.3) is 0 Å². The first-order valence-corrected chi connectivity index (χ1v) is 4.61. The minimum absolute atomic E-state index is 0.117. The van der Waals surface area contributed by atoms with E-state index in [1.54, 1.807) is 0 Å². The largest absolute Gasteiger partial charge is 0.481 e. The van der Waals surface area contributed by atoms with Crippen LogP contribution >= 0.6 is 0 Å². The quantitative estimate of drug-likeness (QED) is 0.604. The summed E-state index contributed by atoms with van der Waals surface area (Å²) >= 11 is 0. The van der Waals surface area contributed by atoms with E-state index in [0.29, 0.717) is 17.8 Å². The Balaban J connectivity index is 2.26. The van der Waals surface area contributed by atoms with Crippen molar-refractivity contribution >= 4 is 5.97 Å². The van der Waals surface area contributed by atoms with Crippen molar-refractivity contribution in [2.75, 3.05) is 0 Å². The van der Waals surface area contributed by atoms with Crippen molar-refractivity contribution < 1.29 is 9.90 Å². The zero-order valence-corrected chi connectivity index (χ0v) is 7.23. The monoisotopic (exact) mass is 166 g/mol. The van der Waals surface area contributed by atoms with Gasteiger partial charge in [-0.3, -0.25) is 4.79 Å². The summed E-state index contributed by atoms with van der Waals surface area (Å²) in [5.74, 6) is 0.445. The van der Waals surface area contributed by atoms with Crippen LogP contribution in [0.25, 0.3) is 0 Å². The Kier molecular flexibility index (Phi) is 1.71. The molecule has 0 amide bonds. The molecule has 0 spiro atoms. The normalized spacial score (nSPS) is 44.8. The topological polar surface area (TPSA) is 37.3 Å². The number of aliphatic carboxylic acids is 1. The molecule has 3 aliphatic carbocycles. The van der Waals surface area contributed by atoms with E-state index in [-0.39, 0.29) is 5.92 Å². The van der Waals surface area contributed by atoms with Crippen LogP contribution in [0.1, 0.15) is 19.8 Å². The highest BCUT2D eigenvalue weighted by atomic mass is 16.4. The molecule has 0 heterocycles. The number of fused-ring (bicyclic) bond motifs is 2. The van der Waals surface area contributed by atoms with E-state index in [1.165, 1.54) is 6.42 Å². The van der Waals surface area contributed by atoms with Crippen LogP contribution in [0, 0.1) is 23.7 Å². The van der Waals surface area contributed by atoms with Crippen molar-refractivity contribution in [3.8, 4) is 0 Å². The molecule has 2 bridgehead atoms. The minimum atomic E-state index is -0.610. The first kappa shape index (κ1) is 7.84. The van der Waals surface area contributed by atoms with E-state index in [9.17, 15) is 4.79 Å². The van der Waals surface area contributed by atoms with Crippen LogP contribution in [0.5, 0.6) is 0 Å². The Morgan fingerprint density at radius 1 is 1.33 bits per heavy atom. The lowest BCUT2D eigenvalue weighted by Gasteiger charge is -2.41. The van der Waals surface area contributed by atoms with Crippen molar-refractivity contribution in [1.82, 2.24) is 0 Å². The molecule has 0 unspecified atom stereocenters. The molecule has 2 heteroatoms. The van der Waals surface area contributed by atoms with Crippen molar-refractivity contribution in [3.05, 3.63) is 12.2 Å². The van der Waals surface area contributed by atoms with E-state index in [4.69, 9.17) is 5.11 Å². The Morgan fingerprint density at radius 3 is 2.25 bits per heavy atom. The molecule has 3 aliphatic rings. The fraction of sp³-hybridized carbons (Fsp3) is 0.700. The Labute approximate surface area is 72.3 Å². The van der Waals surface area contributed by atoms with Gasteiger partial charge in [0.05, 0.1) is 5.92 Å². The van der Waals surface area contributed by atoms with Crippen LogP contribution in [0.2, 0.25) is 0 Å². The van der Waals surface area contributed by atoms with Crippen LogP contribution in [0.15, 0.2) is 12.2 Å². The maximum atomic E-state index is 10.9. The van der Waals surface area contributed by atoms with Gasteiger partial charge >= 0.3 is 5.97 Å². The predicted octanol–water partition coefficient (Wildman–Crippen LogP) is 1.92. The second-order valence-corrected chi connectivity index (χ2v) is 4.01. The van der Waals surface area contributed by atoms with Crippen LogP contribution < -0.4 is 0 Å². The minimum Gasteiger partial charge on any atom is -0.481 e. The zero-order valence-electron chi connectivity index (χ0n) is 7.23. The second-order valence-electron chi connectivity index (χ2n) is 4.01. The molecule has 0 radical (unpaired) electrons. The standard InChI is InChI=1S/C10H14O2/c1-6-7-2-4-8(5-3-7)9(6)10(11)12/h2,4,6-9H,3,5H2,1H3,(H,11,12)/t6-,7-,8+,9+/m0/s1. The molecule has 12 heavy (non-hydrogen) atoms. The number of rotatable bonds is 1. The van der Waals surface area contributed by atoms with Crippen molar-refractivity contribution in [2.24, 2.45) is 23.7 Å². The summed E-state index contributed by atoms with van der Waals surface area (Å²) in [7, 11) is 0. The molecule has 1 N–H and O–H groups in total. The van der Waals surface area contributed by atoms with Gasteiger partial charge in [0.1, 0.15) is 0 Å². The third kappa shape index (κ3) is 0.977. The molecule has 4 atom stereocenters. The third-order valence-electron chi connectivity index (χ3n) is 3.43. The summed E-state index contributed by atoms with van der Waals surface area (Å²) in [5.41, 5.74) is 0. The van der Waals surface area contributed by atoms with E-state index in [0.717, 1.165) is 6.42 Å². The summed E-state index contributed by atoms with van der Waals surface area (Å²) in [4.78, 5) is 10.9. The Morgan fingerprint density at radius 2 is 1.92 bits per heavy atom. The molecule has 1 fully saturated rings. The molecule has 0 aromatic rings. The number of carboxylic acid groups (broad SMARTS) is 1. The van der Waals surface area contributed by atoms with Gasteiger partial charge in [-0.2, -0.15) is 0 Å². The average Bonchev–Trinajstić information content (AvgIpc) is 2.05. The second kappa shape index (κ2) is 2.61. The lowest BCUT2D eigenvalue weighted by Crippen LogP contribution is -2.39. The van der Waals surface area contributed by atoms with Gasteiger partial charge < -0.3 is 5.11 Å². The third-order valence-corrected chi connectivity index (χ3v) is 3.43. The molecule has 66 valence electrons. The van der Waals surface area contributed by atoms with Gasteiger partial charge in [0.15, 0.2) is 0 Å². The molecule has 1 saturated carbocycles. The maximum Gasteiger partial charge on any atom is 0.307 e. The number of carboxylic acids is 1. The molecule has 0 aromatic heterocycles. The van der Waals surface area contributed by atoms with Crippen molar-refractivity contribution in [2.45, 2.75) is 19.8 Å². The average molecular weight is 166 g/mol. The first-order valence-electron chi connectivity index (χ1n) is 4.61. The highest BCUT2D eigenvalue weighted by molar-refractivity contribution is 5.71. The SMILES string of the molecule is C[C@@H]1[C@@H](C(=O)O)[C@@H]2C=C[C@H]1CC2. The Bertz CT molecular complexity index is 232. The lowest BCUT2D eigenvalue weighted by atomic mass is 9.63. The number of carbonyl (C=O) groups is 1. The first-order chi connectivity index (χ1) is 5.70. The van der Waals surface area contributed by atoms with Gasteiger partial charge in [-0.25, -0.2) is 0 Å². The van der Waals surface area contributed by atoms with Gasteiger partial charge in [0.2, 0.25) is 0 Å². The predicted molar refractivity (Wildman–Crippen MR) is 45.6 cm³/mol. The van der Waals surface area contributed by atoms with Crippen LogP contribution in [0.3, 0.4) is 0 Å². The summed E-state index contributed by atoms with van der Waals surface area (Å²) < 4.78 is 0. The number of allylic oxidation sites excluding steroid dienone is 2. The van der Waals surface area contributed by atoms with E-state index in [1.807, 2.05) is 0 Å². The molecule has 0 aromatic carbocycles. The summed E-state index contributed by atoms with van der Waals surface area (Å²) in [5, 5.41) is 9.00. The van der Waals surface area contributed by atoms with Crippen LogP contribution in [-0.2, 0) is 4.79 Å². The molecule has 2 nitrogen and oxygen atoms in total. The van der Waals surface area contributed by atoms with Crippen LogP contribution in [0.4, 0.5) is 0 Å². The molecule has 0 saturated heterocycles. The van der Waals surface area contributed by atoms with E-state index in [2.05, 4.69) is 19.1 Å². The molecular formula is C10H14O2. The van der Waals surface area contributed by atoms with Crippen molar-refractivity contribution in [3.63, 3.8) is 0 Å². The van der Waals surface area contributed by atoms with Crippen LogP contribution in [-0.4, -0.2) is 11.1 Å². The number of hydrogen-bond acceptors (Lipinski definition) is 1. The molecule has 3 rings (SSSR count).